The number of H-pyrrole nitrogens is 1. The molecule has 1 N–H and O–H groups in total. The van der Waals surface area contributed by atoms with Crippen LogP contribution in [-0.4, -0.2) is 51.3 Å². The first-order chi connectivity index (χ1) is 19.7. The number of rotatable bonds is 5. The number of aliphatic imine (C=N–C) groups is 1. The van der Waals surface area contributed by atoms with Gasteiger partial charge in [-0.25, -0.2) is 9.48 Å². The van der Waals surface area contributed by atoms with Crippen LogP contribution in [0.25, 0.3) is 16.7 Å². The average molecular weight is 550 g/mol. The number of aryl methyl sites for hydroxylation is 5. The summed E-state index contributed by atoms with van der Waals surface area (Å²) >= 11 is 0. The number of nitrogens with zero attached hydrogens (tertiary/aromatic N) is 6. The van der Waals surface area contributed by atoms with Crippen molar-refractivity contribution in [2.75, 3.05) is 36.0 Å². The Bertz CT molecular complexity index is 1900. The third-order valence-corrected chi connectivity index (χ3v) is 8.31. The molecule has 0 saturated carbocycles. The third-order valence-electron chi connectivity index (χ3n) is 8.31. The molecule has 0 unspecified atom stereocenters. The predicted octanol–water partition coefficient (Wildman–Crippen LogP) is 4.36. The monoisotopic (exact) mass is 549 g/mol. The van der Waals surface area contributed by atoms with Gasteiger partial charge in [0.15, 0.2) is 0 Å². The van der Waals surface area contributed by atoms with Crippen LogP contribution >= 0.6 is 0 Å². The van der Waals surface area contributed by atoms with Gasteiger partial charge in [0.05, 0.1) is 33.7 Å². The van der Waals surface area contributed by atoms with Crippen molar-refractivity contribution in [2.45, 2.75) is 20.8 Å². The van der Waals surface area contributed by atoms with Gasteiger partial charge in [-0.2, -0.15) is 0 Å². The molecule has 6 rings (SSSR count). The zero-order valence-corrected chi connectivity index (χ0v) is 24.2. The molecule has 9 nitrogen and oxygen atoms in total. The number of aromatic amines is 1. The van der Waals surface area contributed by atoms with E-state index in [-0.39, 0.29) is 11.2 Å². The largest absolute Gasteiger partial charge is 0.368 e. The molecule has 0 amide bonds. The molecule has 5 aromatic rings. The molecule has 41 heavy (non-hydrogen) atoms. The molecule has 0 spiro atoms. The minimum Gasteiger partial charge on any atom is -0.368 e. The zero-order chi connectivity index (χ0) is 28.8. The summed E-state index contributed by atoms with van der Waals surface area (Å²) in [5, 5.41) is 3.21. The van der Waals surface area contributed by atoms with Gasteiger partial charge in [-0.15, -0.1) is 0 Å². The fourth-order valence-electron chi connectivity index (χ4n) is 5.62. The molecule has 9 heteroatoms. The van der Waals surface area contributed by atoms with Gasteiger partial charge in [-0.3, -0.25) is 24.0 Å². The topological polar surface area (TPSA) is 83.6 Å². The number of piperazine rings is 1. The third kappa shape index (κ3) is 4.67. The summed E-state index contributed by atoms with van der Waals surface area (Å²) in [5.41, 5.74) is 8.64. The minimum atomic E-state index is -0.152. The van der Waals surface area contributed by atoms with Gasteiger partial charge >= 0.3 is 5.69 Å². The molecular weight excluding hydrogens is 514 g/mol. The fourth-order valence-corrected chi connectivity index (χ4v) is 5.62. The summed E-state index contributed by atoms with van der Waals surface area (Å²) in [4.78, 5) is 35.8. The second-order valence-electron chi connectivity index (χ2n) is 10.9. The number of nitrogens with one attached hydrogen (secondary N) is 1. The van der Waals surface area contributed by atoms with Crippen molar-refractivity contribution in [3.63, 3.8) is 0 Å². The van der Waals surface area contributed by atoms with Gasteiger partial charge in [-0.05, 0) is 68.3 Å². The van der Waals surface area contributed by atoms with Crippen molar-refractivity contribution in [3.8, 4) is 5.69 Å². The highest BCUT2D eigenvalue weighted by molar-refractivity contribution is 5.91. The van der Waals surface area contributed by atoms with Crippen LogP contribution < -0.4 is 21.0 Å². The molecule has 1 fully saturated rings. The van der Waals surface area contributed by atoms with Gasteiger partial charge in [0.1, 0.15) is 0 Å². The molecule has 1 aliphatic heterocycles. The lowest BCUT2D eigenvalue weighted by Gasteiger charge is -2.37. The van der Waals surface area contributed by atoms with Crippen molar-refractivity contribution in [1.29, 1.82) is 0 Å². The predicted molar refractivity (Wildman–Crippen MR) is 167 cm³/mol. The highest BCUT2D eigenvalue weighted by Crippen LogP contribution is 2.34. The molecule has 0 atom stereocenters. The SMILES string of the molecule is Cc1ccc(-n2[nH]c(C)c(C=Nc3cc4c(cc3N3CCN(c5ccccc5)CC3)n(C)c(=O)n4C)c2=O)cc1C. The molecule has 210 valence electrons. The van der Waals surface area contributed by atoms with Crippen LogP contribution in [0.2, 0.25) is 0 Å². The Hall–Kier alpha value is -4.79. The maximum atomic E-state index is 13.5. The Morgan fingerprint density at radius 2 is 1.41 bits per heavy atom. The first kappa shape index (κ1) is 26.4. The van der Waals surface area contributed by atoms with E-state index in [4.69, 9.17) is 4.99 Å². The molecule has 1 aliphatic rings. The van der Waals surface area contributed by atoms with Crippen LogP contribution in [0.5, 0.6) is 0 Å². The van der Waals surface area contributed by atoms with Crippen LogP contribution in [0.1, 0.15) is 22.4 Å². The number of fused-ring (bicyclic) bond motifs is 1. The van der Waals surface area contributed by atoms with Gasteiger partial charge < -0.3 is 9.80 Å². The number of anilines is 2. The highest BCUT2D eigenvalue weighted by atomic mass is 16.1. The lowest BCUT2D eigenvalue weighted by atomic mass is 10.1. The van der Waals surface area contributed by atoms with E-state index >= 15 is 0 Å². The van der Waals surface area contributed by atoms with Crippen molar-refractivity contribution in [1.82, 2.24) is 18.9 Å². The van der Waals surface area contributed by atoms with Crippen LogP contribution in [0.4, 0.5) is 17.1 Å². The van der Waals surface area contributed by atoms with E-state index in [0.29, 0.717) is 5.56 Å². The van der Waals surface area contributed by atoms with Crippen molar-refractivity contribution < 1.29 is 0 Å². The second-order valence-corrected chi connectivity index (χ2v) is 10.9. The van der Waals surface area contributed by atoms with E-state index in [1.165, 1.54) is 11.3 Å². The zero-order valence-electron chi connectivity index (χ0n) is 24.2. The van der Waals surface area contributed by atoms with E-state index in [0.717, 1.165) is 65.5 Å². The Morgan fingerprint density at radius 3 is 2.10 bits per heavy atom. The molecule has 2 aromatic heterocycles. The summed E-state index contributed by atoms with van der Waals surface area (Å²) < 4.78 is 4.88. The number of aromatic nitrogens is 4. The summed E-state index contributed by atoms with van der Waals surface area (Å²) in [6, 6.07) is 20.4. The van der Waals surface area contributed by atoms with Gasteiger partial charge in [0.2, 0.25) is 0 Å². The summed E-state index contributed by atoms with van der Waals surface area (Å²) in [5.74, 6) is 0. The normalized spacial score (nSPS) is 14.1. The van der Waals surface area contributed by atoms with E-state index in [9.17, 15) is 9.59 Å². The quantitative estimate of drug-likeness (QED) is 0.330. The number of benzene rings is 3. The van der Waals surface area contributed by atoms with Gasteiger partial charge in [0.25, 0.3) is 5.56 Å². The number of imidazole rings is 1. The van der Waals surface area contributed by atoms with E-state index in [1.54, 1.807) is 34.1 Å². The van der Waals surface area contributed by atoms with Gasteiger partial charge in [-0.1, -0.05) is 24.3 Å². The minimum absolute atomic E-state index is 0.0845. The van der Waals surface area contributed by atoms with E-state index < -0.39 is 0 Å². The lowest BCUT2D eigenvalue weighted by molar-refractivity contribution is 0.654. The first-order valence-electron chi connectivity index (χ1n) is 13.9. The van der Waals surface area contributed by atoms with Crippen molar-refractivity contribution in [2.24, 2.45) is 19.1 Å². The molecule has 0 bridgehead atoms. The van der Waals surface area contributed by atoms with Crippen molar-refractivity contribution in [3.05, 3.63) is 104 Å². The summed E-state index contributed by atoms with van der Waals surface area (Å²) in [7, 11) is 3.57. The molecular formula is C32H35N7O2. The Morgan fingerprint density at radius 1 is 0.756 bits per heavy atom. The van der Waals surface area contributed by atoms with Crippen LogP contribution in [0.15, 0.2) is 75.2 Å². The van der Waals surface area contributed by atoms with Crippen LogP contribution in [0, 0.1) is 20.8 Å². The standard InChI is InChI=1S/C32H35N7O2/c1-21-11-12-25(17-22(21)2)39-31(40)26(23(3)34-39)20-33-27-18-29-30(36(5)32(41)35(29)4)19-28(27)38-15-13-37(14-16-38)24-9-7-6-8-10-24/h6-12,17-20,34H,13-16H2,1-5H3. The molecule has 3 heterocycles. The highest BCUT2D eigenvalue weighted by Gasteiger charge is 2.22. The lowest BCUT2D eigenvalue weighted by Crippen LogP contribution is -2.46. The number of hydrogen-bond acceptors (Lipinski definition) is 5. The Labute approximate surface area is 238 Å². The van der Waals surface area contributed by atoms with Gasteiger partial charge in [0, 0.05) is 57.9 Å². The Balaban J connectivity index is 1.38. The van der Waals surface area contributed by atoms with Crippen molar-refractivity contribution >= 4 is 34.3 Å². The number of hydrogen-bond donors (Lipinski definition) is 1. The second kappa shape index (κ2) is 10.3. The van der Waals surface area contributed by atoms with E-state index in [1.807, 2.05) is 44.2 Å². The average Bonchev–Trinajstić information content (AvgIpc) is 3.39. The van der Waals surface area contributed by atoms with Crippen LogP contribution in [-0.2, 0) is 14.1 Å². The molecule has 0 radical (unpaired) electrons. The fraction of sp³-hybridized carbons (Fsp3) is 0.281. The van der Waals surface area contributed by atoms with E-state index in [2.05, 4.69) is 52.2 Å². The molecule has 1 saturated heterocycles. The first-order valence-corrected chi connectivity index (χ1v) is 13.9. The summed E-state index contributed by atoms with van der Waals surface area (Å²) in [6.45, 7) is 9.34. The smallest absolute Gasteiger partial charge is 0.328 e. The maximum Gasteiger partial charge on any atom is 0.328 e. The van der Waals surface area contributed by atoms with Crippen LogP contribution in [0.3, 0.4) is 0 Å². The molecule has 0 aliphatic carbocycles. The molecule has 3 aromatic carbocycles. The maximum absolute atomic E-state index is 13.5. The Kier molecular flexibility index (Phi) is 6.65. The summed E-state index contributed by atoms with van der Waals surface area (Å²) in [6.07, 6.45) is 1.65. The number of para-hydroxylation sites is 1.